The number of aromatic nitrogens is 1. The van der Waals surface area contributed by atoms with Gasteiger partial charge in [-0.25, -0.2) is 0 Å². The molecule has 1 aliphatic heterocycles. The molecule has 2 aromatic carbocycles. The van der Waals surface area contributed by atoms with Gasteiger partial charge in [0.2, 0.25) is 0 Å². The molecule has 0 saturated heterocycles. The zero-order chi connectivity index (χ0) is 24.9. The van der Waals surface area contributed by atoms with Crippen molar-refractivity contribution < 1.29 is 9.59 Å². The van der Waals surface area contributed by atoms with Crippen molar-refractivity contribution in [2.24, 2.45) is 0 Å². The van der Waals surface area contributed by atoms with E-state index >= 15 is 0 Å². The topological polar surface area (TPSA) is 65.2 Å². The fourth-order valence-corrected chi connectivity index (χ4v) is 4.91. The summed E-state index contributed by atoms with van der Waals surface area (Å²) in [6.07, 6.45) is 4.33. The minimum absolute atomic E-state index is 0.124. The third-order valence-corrected chi connectivity index (χ3v) is 6.98. The molecule has 0 atom stereocenters. The van der Waals surface area contributed by atoms with E-state index in [0.29, 0.717) is 12.0 Å². The minimum Gasteiger partial charge on any atom is -0.358 e. The number of ketones is 1. The van der Waals surface area contributed by atoms with Crippen molar-refractivity contribution in [1.82, 2.24) is 9.88 Å². The van der Waals surface area contributed by atoms with Gasteiger partial charge in [0, 0.05) is 34.6 Å². The molecule has 1 aromatic heterocycles. The summed E-state index contributed by atoms with van der Waals surface area (Å²) in [7, 11) is 0. The molecule has 182 valence electrons. The molecule has 3 aromatic rings. The maximum atomic E-state index is 13.1. The van der Waals surface area contributed by atoms with Crippen LogP contribution in [0.25, 0.3) is 22.8 Å². The normalized spacial score (nSPS) is 14.0. The highest BCUT2D eigenvalue weighted by Gasteiger charge is 2.26. The number of aryl methyl sites for hydroxylation is 1. The summed E-state index contributed by atoms with van der Waals surface area (Å²) in [6, 6.07) is 16.2. The zero-order valence-electron chi connectivity index (χ0n) is 21.2. The minimum atomic E-state index is -0.124. The second-order valence-electron chi connectivity index (χ2n) is 9.21. The van der Waals surface area contributed by atoms with Crippen molar-refractivity contribution in [2.75, 3.05) is 25.0 Å². The van der Waals surface area contributed by atoms with Crippen LogP contribution >= 0.6 is 0 Å². The first-order chi connectivity index (χ1) is 16.9. The Balaban J connectivity index is 1.56. The molecular weight excluding hydrogens is 434 g/mol. The monoisotopic (exact) mass is 469 g/mol. The first-order valence-electron chi connectivity index (χ1n) is 12.6. The highest BCUT2D eigenvalue weighted by atomic mass is 16.2. The molecular formula is C30H35N3O2. The van der Waals surface area contributed by atoms with Crippen LogP contribution in [0.5, 0.6) is 0 Å². The Morgan fingerprint density at radius 1 is 0.971 bits per heavy atom. The predicted molar refractivity (Wildman–Crippen MR) is 145 cm³/mol. The van der Waals surface area contributed by atoms with Gasteiger partial charge in [0.1, 0.15) is 0 Å². The van der Waals surface area contributed by atoms with Gasteiger partial charge in [-0.3, -0.25) is 9.59 Å². The molecule has 0 spiro atoms. The van der Waals surface area contributed by atoms with Crippen LogP contribution in [0.15, 0.2) is 48.5 Å². The molecule has 0 radical (unpaired) electrons. The SMILES string of the molecule is CCN(CC)CCCCC(=O)c1c(C)[nH]c(/C=C2\C(=O)Nc3ccc(-c4ccccc4)cc32)c1C. The highest BCUT2D eigenvalue weighted by molar-refractivity contribution is 6.35. The lowest BCUT2D eigenvalue weighted by atomic mass is 9.97. The van der Waals surface area contributed by atoms with Gasteiger partial charge in [0.15, 0.2) is 5.78 Å². The van der Waals surface area contributed by atoms with Gasteiger partial charge in [0.05, 0.1) is 5.57 Å². The molecule has 5 heteroatoms. The molecule has 4 rings (SSSR count). The Morgan fingerprint density at radius 2 is 1.71 bits per heavy atom. The molecule has 0 fully saturated rings. The number of amides is 1. The van der Waals surface area contributed by atoms with Crippen molar-refractivity contribution in [3.05, 3.63) is 76.6 Å². The number of carbonyl (C=O) groups is 2. The van der Waals surface area contributed by atoms with Gasteiger partial charge in [-0.05, 0) is 81.2 Å². The molecule has 2 heterocycles. The Labute approximate surface area is 208 Å². The maximum absolute atomic E-state index is 13.1. The van der Waals surface area contributed by atoms with E-state index in [2.05, 4.69) is 47.2 Å². The third-order valence-electron chi connectivity index (χ3n) is 6.98. The number of nitrogens with zero attached hydrogens (tertiary/aromatic N) is 1. The van der Waals surface area contributed by atoms with E-state index in [1.54, 1.807) is 0 Å². The second-order valence-corrected chi connectivity index (χ2v) is 9.21. The number of carbonyl (C=O) groups excluding carboxylic acids is 2. The van der Waals surface area contributed by atoms with Crippen LogP contribution in [0.1, 0.15) is 66.0 Å². The smallest absolute Gasteiger partial charge is 0.256 e. The third kappa shape index (κ3) is 5.30. The Morgan fingerprint density at radius 3 is 2.43 bits per heavy atom. The number of fused-ring (bicyclic) bond motifs is 1. The van der Waals surface area contributed by atoms with E-state index in [0.717, 1.165) is 77.4 Å². The van der Waals surface area contributed by atoms with Crippen LogP contribution in [-0.2, 0) is 4.79 Å². The van der Waals surface area contributed by atoms with Gasteiger partial charge >= 0.3 is 0 Å². The van der Waals surface area contributed by atoms with Crippen LogP contribution in [0.4, 0.5) is 5.69 Å². The fraction of sp³-hybridized carbons (Fsp3) is 0.333. The summed E-state index contributed by atoms with van der Waals surface area (Å²) in [6.45, 7) is 11.4. The number of Topliss-reactive ketones (excluding diaryl/α,β-unsaturated/α-hetero) is 1. The van der Waals surface area contributed by atoms with E-state index in [4.69, 9.17) is 0 Å². The molecule has 1 aliphatic rings. The Kier molecular flexibility index (Phi) is 7.67. The number of hydrogen-bond donors (Lipinski definition) is 2. The zero-order valence-corrected chi connectivity index (χ0v) is 21.2. The van der Waals surface area contributed by atoms with Crippen molar-refractivity contribution in [2.45, 2.75) is 47.0 Å². The molecule has 0 bridgehead atoms. The number of aromatic amines is 1. The van der Waals surface area contributed by atoms with Crippen LogP contribution in [0.2, 0.25) is 0 Å². The summed E-state index contributed by atoms with van der Waals surface area (Å²) in [5.74, 6) is 0.0456. The second kappa shape index (κ2) is 10.9. The first kappa shape index (κ1) is 24.7. The van der Waals surface area contributed by atoms with Gasteiger partial charge < -0.3 is 15.2 Å². The summed E-state index contributed by atoms with van der Waals surface area (Å²) in [4.78, 5) is 31.6. The molecule has 0 aliphatic carbocycles. The summed E-state index contributed by atoms with van der Waals surface area (Å²) in [5.41, 5.74) is 7.82. The highest BCUT2D eigenvalue weighted by Crippen LogP contribution is 2.37. The first-order valence-corrected chi connectivity index (χ1v) is 12.6. The van der Waals surface area contributed by atoms with Crippen LogP contribution in [0.3, 0.4) is 0 Å². The molecule has 0 saturated carbocycles. The van der Waals surface area contributed by atoms with Crippen molar-refractivity contribution in [1.29, 1.82) is 0 Å². The number of unbranched alkanes of at least 4 members (excludes halogenated alkanes) is 1. The van der Waals surface area contributed by atoms with Crippen LogP contribution < -0.4 is 5.32 Å². The molecule has 5 nitrogen and oxygen atoms in total. The lowest BCUT2D eigenvalue weighted by molar-refractivity contribution is -0.110. The maximum Gasteiger partial charge on any atom is 0.256 e. The molecule has 35 heavy (non-hydrogen) atoms. The Hall–Kier alpha value is -3.44. The van der Waals surface area contributed by atoms with E-state index < -0.39 is 0 Å². The number of hydrogen-bond acceptors (Lipinski definition) is 3. The lowest BCUT2D eigenvalue weighted by Gasteiger charge is -2.17. The molecule has 1 amide bonds. The number of rotatable bonds is 10. The summed E-state index contributed by atoms with van der Waals surface area (Å²) >= 11 is 0. The molecule has 0 unspecified atom stereocenters. The number of benzene rings is 2. The summed E-state index contributed by atoms with van der Waals surface area (Å²) in [5, 5.41) is 2.97. The van der Waals surface area contributed by atoms with Gasteiger partial charge in [0.25, 0.3) is 5.91 Å². The number of H-pyrrole nitrogens is 1. The quantitative estimate of drug-likeness (QED) is 0.203. The van der Waals surface area contributed by atoms with Crippen LogP contribution in [0, 0.1) is 13.8 Å². The van der Waals surface area contributed by atoms with Crippen LogP contribution in [-0.4, -0.2) is 41.2 Å². The Bertz CT molecular complexity index is 1250. The lowest BCUT2D eigenvalue weighted by Crippen LogP contribution is -2.24. The van der Waals surface area contributed by atoms with Gasteiger partial charge in [-0.1, -0.05) is 50.2 Å². The van der Waals surface area contributed by atoms with E-state index in [9.17, 15) is 9.59 Å². The van der Waals surface area contributed by atoms with E-state index in [-0.39, 0.29) is 11.7 Å². The standard InChI is InChI=1S/C30H35N3O2/c1-5-33(6-2)17-11-10-14-28(34)29-20(3)27(31-21(29)4)19-25-24-18-23(22-12-8-7-9-13-22)15-16-26(24)32-30(25)35/h7-9,12-13,15-16,18-19,31H,5-6,10-11,14,17H2,1-4H3,(H,32,35)/b25-19-. The molecule has 2 N–H and O–H groups in total. The average Bonchev–Trinajstić information content (AvgIpc) is 3.33. The van der Waals surface area contributed by atoms with Gasteiger partial charge in [-0.2, -0.15) is 0 Å². The number of nitrogens with one attached hydrogen (secondary N) is 2. The number of anilines is 1. The van der Waals surface area contributed by atoms with Crippen molar-refractivity contribution >= 4 is 29.0 Å². The van der Waals surface area contributed by atoms with E-state index in [1.165, 1.54) is 0 Å². The fourth-order valence-electron chi connectivity index (χ4n) is 4.91. The predicted octanol–water partition coefficient (Wildman–Crippen LogP) is 6.49. The van der Waals surface area contributed by atoms with Gasteiger partial charge in [-0.15, -0.1) is 0 Å². The van der Waals surface area contributed by atoms with Crippen molar-refractivity contribution in [3.63, 3.8) is 0 Å². The van der Waals surface area contributed by atoms with Crippen molar-refractivity contribution in [3.8, 4) is 11.1 Å². The largest absolute Gasteiger partial charge is 0.358 e. The summed E-state index contributed by atoms with van der Waals surface area (Å²) < 4.78 is 0. The van der Waals surface area contributed by atoms with E-state index in [1.807, 2.05) is 50.3 Å². The average molecular weight is 470 g/mol.